The molecule has 0 radical (unpaired) electrons. The summed E-state index contributed by atoms with van der Waals surface area (Å²) < 4.78 is 1.59. The third-order valence-corrected chi connectivity index (χ3v) is 7.05. The Hall–Kier alpha value is -4.23. The Morgan fingerprint density at radius 2 is 1.37 bits per heavy atom. The Morgan fingerprint density at radius 1 is 0.816 bits per heavy atom. The highest BCUT2D eigenvalue weighted by Crippen LogP contribution is 2.22. The lowest BCUT2D eigenvalue weighted by atomic mass is 10.0. The largest absolute Gasteiger partial charge is 0.393 e. The van der Waals surface area contributed by atoms with Crippen molar-refractivity contribution in [3.8, 4) is 0 Å². The molecule has 0 spiro atoms. The molecule has 194 valence electrons. The number of Topliss-reactive ketones (excluding diaryl/α,β-unsaturated/α-hetero) is 2. The van der Waals surface area contributed by atoms with Crippen LogP contribution in [0.3, 0.4) is 0 Å². The first-order valence-corrected chi connectivity index (χ1v) is 13.0. The van der Waals surface area contributed by atoms with E-state index in [1.165, 1.54) is 0 Å². The van der Waals surface area contributed by atoms with Crippen LogP contribution < -0.4 is 10.2 Å². The summed E-state index contributed by atoms with van der Waals surface area (Å²) >= 11 is 0. The van der Waals surface area contributed by atoms with E-state index in [1.807, 2.05) is 72.8 Å². The molecule has 1 aliphatic heterocycles. The van der Waals surface area contributed by atoms with Crippen LogP contribution in [0.2, 0.25) is 0 Å². The molecule has 7 nitrogen and oxygen atoms in total. The highest BCUT2D eigenvalue weighted by Gasteiger charge is 2.17. The number of aromatic nitrogens is 2. The van der Waals surface area contributed by atoms with Crippen molar-refractivity contribution in [2.24, 2.45) is 7.05 Å². The van der Waals surface area contributed by atoms with Crippen LogP contribution in [0.5, 0.6) is 0 Å². The summed E-state index contributed by atoms with van der Waals surface area (Å²) in [6.07, 6.45) is 3.66. The number of hydrogen-bond donors (Lipinski definition) is 2. The number of nitrogens with zero attached hydrogens (tertiary/aromatic N) is 3. The van der Waals surface area contributed by atoms with E-state index in [0.29, 0.717) is 24.1 Å². The zero-order valence-corrected chi connectivity index (χ0v) is 21.5. The minimum absolute atomic E-state index is 0.0366. The van der Waals surface area contributed by atoms with Gasteiger partial charge in [-0.1, -0.05) is 24.3 Å². The fourth-order valence-electron chi connectivity index (χ4n) is 4.77. The topological polar surface area (TPSA) is 87.5 Å². The fourth-order valence-corrected chi connectivity index (χ4v) is 4.77. The third-order valence-electron chi connectivity index (χ3n) is 7.05. The van der Waals surface area contributed by atoms with Gasteiger partial charge in [0.05, 0.1) is 6.10 Å². The van der Waals surface area contributed by atoms with Crippen molar-refractivity contribution in [3.05, 3.63) is 107 Å². The van der Waals surface area contributed by atoms with Crippen molar-refractivity contribution in [1.29, 1.82) is 0 Å². The predicted octanol–water partition coefficient (Wildman–Crippen LogP) is 4.98. The molecule has 3 aromatic carbocycles. The van der Waals surface area contributed by atoms with Crippen LogP contribution in [-0.2, 0) is 19.9 Å². The molecular formula is C31H32N4O3. The number of aliphatic hydroxyl groups is 1. The molecule has 1 saturated heterocycles. The molecule has 7 heteroatoms. The first-order valence-electron chi connectivity index (χ1n) is 13.0. The van der Waals surface area contributed by atoms with Crippen LogP contribution in [0.25, 0.3) is 0 Å². The van der Waals surface area contributed by atoms with Crippen molar-refractivity contribution in [3.63, 3.8) is 0 Å². The number of carbonyl (C=O) groups excluding carboxylic acids is 2. The Kier molecular flexibility index (Phi) is 7.65. The van der Waals surface area contributed by atoms with Gasteiger partial charge in [0.2, 0.25) is 0 Å². The lowest BCUT2D eigenvalue weighted by Gasteiger charge is -2.31. The molecule has 0 saturated carbocycles. The Balaban J connectivity index is 1.13. The monoisotopic (exact) mass is 508 g/mol. The molecule has 2 heterocycles. The van der Waals surface area contributed by atoms with Gasteiger partial charge in [-0.3, -0.25) is 14.3 Å². The van der Waals surface area contributed by atoms with Crippen LogP contribution in [0.4, 0.5) is 17.1 Å². The lowest BCUT2D eigenvalue weighted by Crippen LogP contribution is -2.35. The first kappa shape index (κ1) is 25.4. The number of benzene rings is 3. The third kappa shape index (κ3) is 6.18. The van der Waals surface area contributed by atoms with E-state index < -0.39 is 0 Å². The van der Waals surface area contributed by atoms with Crippen LogP contribution >= 0.6 is 0 Å². The summed E-state index contributed by atoms with van der Waals surface area (Å²) in [5.41, 5.74) is 6.15. The molecule has 0 unspecified atom stereocenters. The highest BCUT2D eigenvalue weighted by atomic mass is 16.3. The first-order chi connectivity index (χ1) is 18.4. The standard InChI is InChI=1S/C31H32N4O3/c1-34-29(14-17-32-34)31(38)21-23-4-10-26(11-5-23)33-25-8-2-22(3-9-25)20-30(37)24-6-12-27(13-7-24)35-18-15-28(36)16-19-35/h2-14,17,28,33,36H,15-16,18-21H2,1H3. The number of ketones is 2. The van der Waals surface area contributed by atoms with Gasteiger partial charge in [-0.15, -0.1) is 0 Å². The van der Waals surface area contributed by atoms with Crippen LogP contribution in [0.1, 0.15) is 44.8 Å². The van der Waals surface area contributed by atoms with Gasteiger partial charge in [-0.25, -0.2) is 0 Å². The second-order valence-corrected chi connectivity index (χ2v) is 9.82. The second kappa shape index (κ2) is 11.4. The Morgan fingerprint density at radius 3 is 1.89 bits per heavy atom. The van der Waals surface area contributed by atoms with Crippen molar-refractivity contribution < 1.29 is 14.7 Å². The molecule has 0 amide bonds. The number of rotatable bonds is 9. The fraction of sp³-hybridized carbons (Fsp3) is 0.258. The normalized spacial score (nSPS) is 13.9. The Bertz CT molecular complexity index is 1380. The number of aryl methyl sites for hydroxylation is 1. The van der Waals surface area contributed by atoms with E-state index in [2.05, 4.69) is 15.3 Å². The van der Waals surface area contributed by atoms with E-state index in [0.717, 1.165) is 54.1 Å². The number of piperidine rings is 1. The molecule has 0 atom stereocenters. The molecule has 4 aromatic rings. The van der Waals surface area contributed by atoms with Crippen molar-refractivity contribution in [1.82, 2.24) is 9.78 Å². The van der Waals surface area contributed by atoms with Gasteiger partial charge in [-0.05, 0) is 78.6 Å². The van der Waals surface area contributed by atoms with Crippen molar-refractivity contribution >= 4 is 28.6 Å². The zero-order chi connectivity index (χ0) is 26.5. The second-order valence-electron chi connectivity index (χ2n) is 9.82. The summed E-state index contributed by atoms with van der Waals surface area (Å²) in [6, 6.07) is 25.2. The summed E-state index contributed by atoms with van der Waals surface area (Å²) in [7, 11) is 1.77. The SMILES string of the molecule is Cn1nccc1C(=O)Cc1ccc(Nc2ccc(CC(=O)c3ccc(N4CCC(O)CC4)cc3)cc2)cc1. The summed E-state index contributed by atoms with van der Waals surface area (Å²) in [6.45, 7) is 1.68. The quantitative estimate of drug-likeness (QED) is 0.310. The maximum Gasteiger partial charge on any atom is 0.185 e. The predicted molar refractivity (Wildman–Crippen MR) is 149 cm³/mol. The number of carbonyl (C=O) groups is 2. The van der Waals surface area contributed by atoms with Crippen LogP contribution in [0.15, 0.2) is 85.1 Å². The number of anilines is 3. The Labute approximate surface area is 222 Å². The summed E-state index contributed by atoms with van der Waals surface area (Å²) in [4.78, 5) is 27.5. The van der Waals surface area contributed by atoms with Gasteiger partial charge in [0.15, 0.2) is 11.6 Å². The summed E-state index contributed by atoms with van der Waals surface area (Å²) in [5.74, 6) is 0.122. The number of aliphatic hydroxyl groups excluding tert-OH is 1. The number of nitrogens with one attached hydrogen (secondary N) is 1. The van der Waals surface area contributed by atoms with E-state index in [1.54, 1.807) is 24.0 Å². The molecule has 38 heavy (non-hydrogen) atoms. The lowest BCUT2D eigenvalue weighted by molar-refractivity contribution is 0.0979. The maximum atomic E-state index is 12.8. The average molecular weight is 509 g/mol. The zero-order valence-electron chi connectivity index (χ0n) is 21.5. The molecule has 5 rings (SSSR count). The minimum Gasteiger partial charge on any atom is -0.393 e. The van der Waals surface area contributed by atoms with Crippen molar-refractivity contribution in [2.75, 3.05) is 23.3 Å². The van der Waals surface area contributed by atoms with Crippen molar-refractivity contribution in [2.45, 2.75) is 31.8 Å². The van der Waals surface area contributed by atoms with Crippen LogP contribution in [0, 0.1) is 0 Å². The van der Waals surface area contributed by atoms with Gasteiger partial charge in [0.25, 0.3) is 0 Å². The molecule has 0 aliphatic carbocycles. The van der Waals surface area contributed by atoms with Gasteiger partial charge in [0, 0.05) is 61.8 Å². The minimum atomic E-state index is -0.200. The number of hydrogen-bond acceptors (Lipinski definition) is 6. The van der Waals surface area contributed by atoms with Crippen LogP contribution in [-0.4, -0.2) is 45.6 Å². The molecule has 1 aliphatic rings. The smallest absolute Gasteiger partial charge is 0.185 e. The summed E-state index contributed by atoms with van der Waals surface area (Å²) in [5, 5.41) is 17.1. The molecule has 0 bridgehead atoms. The van der Waals surface area contributed by atoms with E-state index in [9.17, 15) is 14.7 Å². The molecular weight excluding hydrogens is 476 g/mol. The van der Waals surface area contributed by atoms with Gasteiger partial charge in [0.1, 0.15) is 5.69 Å². The molecule has 2 N–H and O–H groups in total. The van der Waals surface area contributed by atoms with Gasteiger partial charge >= 0.3 is 0 Å². The molecule has 1 aromatic heterocycles. The maximum absolute atomic E-state index is 12.8. The van der Waals surface area contributed by atoms with Gasteiger partial charge < -0.3 is 15.3 Å². The molecule has 1 fully saturated rings. The van der Waals surface area contributed by atoms with E-state index in [-0.39, 0.29) is 17.7 Å². The van der Waals surface area contributed by atoms with E-state index >= 15 is 0 Å². The highest BCUT2D eigenvalue weighted by molar-refractivity contribution is 5.98. The average Bonchev–Trinajstić information content (AvgIpc) is 3.37. The van der Waals surface area contributed by atoms with Gasteiger partial charge in [-0.2, -0.15) is 5.10 Å². The van der Waals surface area contributed by atoms with E-state index in [4.69, 9.17) is 0 Å².